The van der Waals surface area contributed by atoms with Crippen molar-refractivity contribution in [1.82, 2.24) is 0 Å². The molecule has 0 radical (unpaired) electrons. The van der Waals surface area contributed by atoms with Gasteiger partial charge in [-0.05, 0) is 61.7 Å². The topological polar surface area (TPSA) is 85.2 Å². The van der Waals surface area contributed by atoms with E-state index in [1.165, 1.54) is 18.5 Å². The van der Waals surface area contributed by atoms with E-state index in [-0.39, 0.29) is 23.7 Å². The first-order chi connectivity index (χ1) is 13.6. The first-order valence-corrected chi connectivity index (χ1v) is 9.61. The average molecular weight is 374 g/mol. The van der Waals surface area contributed by atoms with Crippen LogP contribution in [0.4, 0.5) is 17.1 Å². The zero-order valence-electron chi connectivity index (χ0n) is 15.5. The summed E-state index contributed by atoms with van der Waals surface area (Å²) in [5.74, 6) is -0.938. The van der Waals surface area contributed by atoms with E-state index in [1.807, 2.05) is 30.3 Å². The first-order valence-electron chi connectivity index (χ1n) is 9.61. The molecule has 2 aromatic rings. The standard InChI is InChI=1S/C22H22N4O2/c23-14-15-4-3-5-17(12-15)25-22(28)20-13-19(20)21(27)24-16-6-8-18(9-7-16)26-10-1-2-11-26/h3-9,12,19-20H,1-2,10-11,13H2,(H,24,27)(H,25,28). The molecule has 0 aromatic heterocycles. The Hall–Kier alpha value is -3.33. The monoisotopic (exact) mass is 374 g/mol. The third-order valence-corrected chi connectivity index (χ3v) is 5.33. The summed E-state index contributed by atoms with van der Waals surface area (Å²) in [5.41, 5.74) is 2.99. The van der Waals surface area contributed by atoms with Crippen LogP contribution in [0.1, 0.15) is 24.8 Å². The molecular weight excluding hydrogens is 352 g/mol. The first kappa shape index (κ1) is 18.1. The van der Waals surface area contributed by atoms with Crippen molar-refractivity contribution in [2.45, 2.75) is 19.3 Å². The molecule has 1 saturated heterocycles. The van der Waals surface area contributed by atoms with Gasteiger partial charge in [0.15, 0.2) is 0 Å². The maximum Gasteiger partial charge on any atom is 0.228 e. The number of rotatable bonds is 5. The minimum absolute atomic E-state index is 0.125. The third kappa shape index (κ3) is 3.99. The molecule has 2 amide bonds. The van der Waals surface area contributed by atoms with Gasteiger partial charge in [0, 0.05) is 30.2 Å². The Kier molecular flexibility index (Phi) is 4.98. The van der Waals surface area contributed by atoms with Gasteiger partial charge in [0.1, 0.15) is 0 Å². The fraction of sp³-hybridized carbons (Fsp3) is 0.318. The predicted molar refractivity (Wildman–Crippen MR) is 108 cm³/mol. The van der Waals surface area contributed by atoms with Crippen LogP contribution in [0, 0.1) is 23.2 Å². The van der Waals surface area contributed by atoms with Crippen molar-refractivity contribution in [3.63, 3.8) is 0 Å². The smallest absolute Gasteiger partial charge is 0.228 e. The highest BCUT2D eigenvalue weighted by Gasteiger charge is 2.48. The van der Waals surface area contributed by atoms with Crippen LogP contribution < -0.4 is 15.5 Å². The van der Waals surface area contributed by atoms with Crippen LogP contribution >= 0.6 is 0 Å². The van der Waals surface area contributed by atoms with E-state index >= 15 is 0 Å². The van der Waals surface area contributed by atoms with E-state index in [0.717, 1.165) is 18.8 Å². The van der Waals surface area contributed by atoms with Crippen molar-refractivity contribution in [3.8, 4) is 6.07 Å². The number of nitrogens with one attached hydrogen (secondary N) is 2. The average Bonchev–Trinajstić information content (AvgIpc) is 3.35. The van der Waals surface area contributed by atoms with Crippen molar-refractivity contribution in [1.29, 1.82) is 5.26 Å². The highest BCUT2D eigenvalue weighted by Crippen LogP contribution is 2.40. The quantitative estimate of drug-likeness (QED) is 0.840. The Morgan fingerprint density at radius 1 is 0.929 bits per heavy atom. The molecule has 1 saturated carbocycles. The van der Waals surface area contributed by atoms with Gasteiger partial charge in [0.2, 0.25) is 11.8 Å². The van der Waals surface area contributed by atoms with Crippen molar-refractivity contribution in [2.75, 3.05) is 28.6 Å². The molecular formula is C22H22N4O2. The molecule has 28 heavy (non-hydrogen) atoms. The third-order valence-electron chi connectivity index (χ3n) is 5.33. The Bertz CT molecular complexity index is 926. The number of amides is 2. The van der Waals surface area contributed by atoms with Gasteiger partial charge < -0.3 is 15.5 Å². The van der Waals surface area contributed by atoms with E-state index in [4.69, 9.17) is 5.26 Å². The van der Waals surface area contributed by atoms with Crippen molar-refractivity contribution in [3.05, 3.63) is 54.1 Å². The molecule has 6 heteroatoms. The van der Waals surface area contributed by atoms with Gasteiger partial charge >= 0.3 is 0 Å². The molecule has 2 aliphatic rings. The Balaban J connectivity index is 1.30. The number of hydrogen-bond donors (Lipinski definition) is 2. The van der Waals surface area contributed by atoms with Crippen LogP contribution in [0.5, 0.6) is 0 Å². The lowest BCUT2D eigenvalue weighted by Gasteiger charge is -2.17. The Morgan fingerprint density at radius 2 is 1.57 bits per heavy atom. The fourth-order valence-electron chi connectivity index (χ4n) is 3.64. The molecule has 2 unspecified atom stereocenters. The van der Waals surface area contributed by atoms with Crippen LogP contribution in [0.25, 0.3) is 0 Å². The molecule has 1 aliphatic carbocycles. The van der Waals surface area contributed by atoms with E-state index in [2.05, 4.69) is 15.5 Å². The summed E-state index contributed by atoms with van der Waals surface area (Å²) >= 11 is 0. The minimum Gasteiger partial charge on any atom is -0.372 e. The van der Waals surface area contributed by atoms with Crippen molar-refractivity contribution < 1.29 is 9.59 Å². The number of nitrogens with zero attached hydrogens (tertiary/aromatic N) is 2. The van der Waals surface area contributed by atoms with Gasteiger partial charge in [-0.2, -0.15) is 5.26 Å². The molecule has 1 heterocycles. The molecule has 142 valence electrons. The second-order valence-electron chi connectivity index (χ2n) is 7.36. The van der Waals surface area contributed by atoms with E-state index < -0.39 is 0 Å². The highest BCUT2D eigenvalue weighted by atomic mass is 16.2. The summed E-state index contributed by atoms with van der Waals surface area (Å²) in [7, 11) is 0. The van der Waals surface area contributed by atoms with Crippen LogP contribution in [0.15, 0.2) is 48.5 Å². The zero-order chi connectivity index (χ0) is 19.5. The van der Waals surface area contributed by atoms with Gasteiger partial charge in [0.25, 0.3) is 0 Å². The van der Waals surface area contributed by atoms with Crippen molar-refractivity contribution in [2.24, 2.45) is 11.8 Å². The molecule has 1 aliphatic heterocycles. The van der Waals surface area contributed by atoms with Crippen LogP contribution in [0.2, 0.25) is 0 Å². The number of carbonyl (C=O) groups is 2. The molecule has 2 fully saturated rings. The molecule has 2 atom stereocenters. The van der Waals surface area contributed by atoms with Crippen LogP contribution in [-0.4, -0.2) is 24.9 Å². The Morgan fingerprint density at radius 3 is 2.21 bits per heavy atom. The molecule has 4 rings (SSSR count). The second-order valence-corrected chi connectivity index (χ2v) is 7.36. The zero-order valence-corrected chi connectivity index (χ0v) is 15.5. The maximum absolute atomic E-state index is 12.4. The van der Waals surface area contributed by atoms with Gasteiger partial charge in [-0.3, -0.25) is 9.59 Å². The van der Waals surface area contributed by atoms with Gasteiger partial charge in [0.05, 0.1) is 23.5 Å². The molecule has 0 bridgehead atoms. The van der Waals surface area contributed by atoms with Crippen LogP contribution in [-0.2, 0) is 9.59 Å². The predicted octanol–water partition coefficient (Wildman–Crippen LogP) is 3.37. The minimum atomic E-state index is -0.324. The van der Waals surface area contributed by atoms with E-state index in [9.17, 15) is 9.59 Å². The van der Waals surface area contributed by atoms with Gasteiger partial charge in [-0.1, -0.05) is 6.07 Å². The van der Waals surface area contributed by atoms with Gasteiger partial charge in [-0.15, -0.1) is 0 Å². The van der Waals surface area contributed by atoms with E-state index in [1.54, 1.807) is 24.3 Å². The normalized spacial score (nSPS) is 20.3. The van der Waals surface area contributed by atoms with E-state index in [0.29, 0.717) is 17.7 Å². The maximum atomic E-state index is 12.4. The second kappa shape index (κ2) is 7.73. The summed E-state index contributed by atoms with van der Waals surface area (Å²) in [6.07, 6.45) is 3.00. The molecule has 6 nitrogen and oxygen atoms in total. The SMILES string of the molecule is N#Cc1cccc(NC(=O)C2CC2C(=O)Nc2ccc(N3CCCC3)cc2)c1. The summed E-state index contributed by atoms with van der Waals surface area (Å²) in [5, 5.41) is 14.6. The van der Waals surface area contributed by atoms with Crippen LogP contribution in [0.3, 0.4) is 0 Å². The highest BCUT2D eigenvalue weighted by molar-refractivity contribution is 6.03. The van der Waals surface area contributed by atoms with Crippen molar-refractivity contribution >= 4 is 28.9 Å². The number of hydrogen-bond acceptors (Lipinski definition) is 4. The largest absolute Gasteiger partial charge is 0.372 e. The lowest BCUT2D eigenvalue weighted by molar-refractivity contribution is -0.122. The lowest BCUT2D eigenvalue weighted by Crippen LogP contribution is -2.21. The summed E-state index contributed by atoms with van der Waals surface area (Å²) in [6, 6.07) is 16.7. The molecule has 2 aromatic carbocycles. The van der Waals surface area contributed by atoms with Gasteiger partial charge in [-0.25, -0.2) is 0 Å². The summed E-state index contributed by atoms with van der Waals surface area (Å²) in [6.45, 7) is 2.17. The molecule has 0 spiro atoms. The number of carbonyl (C=O) groups excluding carboxylic acids is 2. The lowest BCUT2D eigenvalue weighted by atomic mass is 10.2. The fourth-order valence-corrected chi connectivity index (χ4v) is 3.64. The summed E-state index contributed by atoms with van der Waals surface area (Å²) < 4.78 is 0. The number of benzene rings is 2. The number of anilines is 3. The summed E-state index contributed by atoms with van der Waals surface area (Å²) in [4.78, 5) is 27.1. The number of nitriles is 1. The Labute approximate surface area is 164 Å². The molecule has 2 N–H and O–H groups in total.